The van der Waals surface area contributed by atoms with Crippen LogP contribution < -0.4 is 9.47 Å². The Morgan fingerprint density at radius 1 is 1.11 bits per heavy atom. The van der Waals surface area contributed by atoms with E-state index in [1.54, 1.807) is 0 Å². The highest BCUT2D eigenvalue weighted by molar-refractivity contribution is 5.74. The van der Waals surface area contributed by atoms with Gasteiger partial charge in [0.15, 0.2) is 11.5 Å². The summed E-state index contributed by atoms with van der Waals surface area (Å²) in [6.07, 6.45) is 7.06. The smallest absolute Gasteiger partial charge is 0.319 e. The number of carbonyl (C=O) groups excluding carboxylic acids is 1. The summed E-state index contributed by atoms with van der Waals surface area (Å²) < 4.78 is 10.8. The van der Waals surface area contributed by atoms with Gasteiger partial charge in [-0.3, -0.25) is 0 Å². The Bertz CT molecular complexity index is 682. The van der Waals surface area contributed by atoms with Crippen molar-refractivity contribution in [2.75, 3.05) is 40.0 Å². The second-order valence-electron chi connectivity index (χ2n) is 8.45. The average Bonchev–Trinajstić information content (AvgIpc) is 3.21. The molecule has 6 nitrogen and oxygen atoms in total. The summed E-state index contributed by atoms with van der Waals surface area (Å²) in [5.41, 5.74) is 1.17. The molecule has 0 radical (unpaired) electrons. The lowest BCUT2D eigenvalue weighted by Gasteiger charge is -2.41. The molecule has 3 aliphatic heterocycles. The van der Waals surface area contributed by atoms with Crippen molar-refractivity contribution in [2.24, 2.45) is 0 Å². The lowest BCUT2D eigenvalue weighted by molar-refractivity contribution is 0.0882. The zero-order valence-corrected chi connectivity index (χ0v) is 17.2. The van der Waals surface area contributed by atoms with Crippen LogP contribution >= 0.6 is 0 Å². The van der Waals surface area contributed by atoms with Crippen LogP contribution in [0.15, 0.2) is 18.2 Å². The molecule has 1 atom stereocenters. The SMILES string of the molecule is CC(Cc1ccc2c(c1)OCO2)N(C)C(=O)N1CCC(N2CCCCC2)CC1. The molecule has 154 valence electrons. The average molecular weight is 388 g/mol. The number of amides is 2. The number of likely N-dealkylation sites (tertiary alicyclic amines) is 2. The van der Waals surface area contributed by atoms with E-state index in [2.05, 4.69) is 17.9 Å². The molecule has 0 N–H and O–H groups in total. The standard InChI is InChI=1S/C22H33N3O3/c1-17(14-18-6-7-20-21(15-18)28-16-27-20)23(2)22(26)25-12-8-19(9-13-25)24-10-4-3-5-11-24/h6-7,15,17,19H,3-5,8-14,16H2,1-2H3. The molecule has 0 aromatic heterocycles. The fraction of sp³-hybridized carbons (Fsp3) is 0.682. The molecule has 0 aliphatic carbocycles. The number of hydrogen-bond acceptors (Lipinski definition) is 4. The first kappa shape index (κ1) is 19.4. The largest absolute Gasteiger partial charge is 0.454 e. The van der Waals surface area contributed by atoms with E-state index in [4.69, 9.17) is 9.47 Å². The van der Waals surface area contributed by atoms with Gasteiger partial charge in [-0.1, -0.05) is 12.5 Å². The van der Waals surface area contributed by atoms with E-state index in [9.17, 15) is 4.79 Å². The van der Waals surface area contributed by atoms with Crippen LogP contribution in [0.4, 0.5) is 4.79 Å². The Balaban J connectivity index is 1.28. The molecule has 0 spiro atoms. The number of carbonyl (C=O) groups is 1. The summed E-state index contributed by atoms with van der Waals surface area (Å²) in [5, 5.41) is 0. The van der Waals surface area contributed by atoms with Gasteiger partial charge in [0.1, 0.15) is 0 Å². The minimum absolute atomic E-state index is 0.132. The van der Waals surface area contributed by atoms with Crippen molar-refractivity contribution < 1.29 is 14.3 Å². The molecule has 3 aliphatic rings. The van der Waals surface area contributed by atoms with Crippen LogP contribution in [0, 0.1) is 0 Å². The molecule has 3 heterocycles. The van der Waals surface area contributed by atoms with Crippen molar-refractivity contribution in [2.45, 2.75) is 57.5 Å². The summed E-state index contributed by atoms with van der Waals surface area (Å²) in [4.78, 5) is 19.6. The molecule has 1 aromatic carbocycles. The van der Waals surface area contributed by atoms with E-state index in [0.29, 0.717) is 12.8 Å². The number of likely N-dealkylation sites (N-methyl/N-ethyl adjacent to an activating group) is 1. The highest BCUT2D eigenvalue weighted by Gasteiger charge is 2.30. The predicted octanol–water partition coefficient (Wildman–Crippen LogP) is 3.35. The van der Waals surface area contributed by atoms with Gasteiger partial charge in [-0.05, 0) is 69.8 Å². The molecule has 2 fully saturated rings. The van der Waals surface area contributed by atoms with E-state index in [-0.39, 0.29) is 12.1 Å². The monoisotopic (exact) mass is 387 g/mol. The molecule has 0 bridgehead atoms. The second kappa shape index (κ2) is 8.60. The Morgan fingerprint density at radius 2 is 1.82 bits per heavy atom. The summed E-state index contributed by atoms with van der Waals surface area (Å²) in [7, 11) is 1.93. The number of urea groups is 1. The van der Waals surface area contributed by atoms with Gasteiger partial charge in [-0.25, -0.2) is 4.79 Å². The van der Waals surface area contributed by atoms with Crippen LogP contribution in [0.25, 0.3) is 0 Å². The van der Waals surface area contributed by atoms with Crippen molar-refractivity contribution in [3.05, 3.63) is 23.8 Å². The first-order valence-electron chi connectivity index (χ1n) is 10.8. The van der Waals surface area contributed by atoms with Crippen LogP contribution in [0.3, 0.4) is 0 Å². The fourth-order valence-electron chi connectivity index (χ4n) is 4.66. The second-order valence-corrected chi connectivity index (χ2v) is 8.45. The van der Waals surface area contributed by atoms with Crippen molar-refractivity contribution in [3.8, 4) is 11.5 Å². The molecule has 4 rings (SSSR count). The normalized spacial score (nSPS) is 21.6. The van der Waals surface area contributed by atoms with E-state index in [1.165, 1.54) is 37.9 Å². The van der Waals surface area contributed by atoms with Gasteiger partial charge in [0.25, 0.3) is 0 Å². The molecule has 1 unspecified atom stereocenters. The summed E-state index contributed by atoms with van der Waals surface area (Å²) in [5.74, 6) is 1.61. The third-order valence-electron chi connectivity index (χ3n) is 6.57. The lowest BCUT2D eigenvalue weighted by atomic mass is 10.00. The first-order valence-corrected chi connectivity index (χ1v) is 10.8. The lowest BCUT2D eigenvalue weighted by Crippen LogP contribution is -2.52. The van der Waals surface area contributed by atoms with Crippen molar-refractivity contribution >= 4 is 6.03 Å². The van der Waals surface area contributed by atoms with Crippen molar-refractivity contribution in [1.82, 2.24) is 14.7 Å². The van der Waals surface area contributed by atoms with Crippen LogP contribution in [0.5, 0.6) is 11.5 Å². The number of benzene rings is 1. The van der Waals surface area contributed by atoms with E-state index in [0.717, 1.165) is 43.9 Å². The summed E-state index contributed by atoms with van der Waals surface area (Å²) in [6, 6.07) is 7.00. The number of ether oxygens (including phenoxy) is 2. The number of fused-ring (bicyclic) bond motifs is 1. The van der Waals surface area contributed by atoms with Gasteiger partial charge >= 0.3 is 6.03 Å². The van der Waals surface area contributed by atoms with E-state index >= 15 is 0 Å². The van der Waals surface area contributed by atoms with Gasteiger partial charge in [0.2, 0.25) is 6.79 Å². The number of piperidine rings is 2. The predicted molar refractivity (Wildman–Crippen MR) is 109 cm³/mol. The summed E-state index contributed by atoms with van der Waals surface area (Å²) in [6.45, 7) is 6.64. The Labute approximate surface area is 168 Å². The van der Waals surface area contributed by atoms with Crippen LogP contribution in [0.1, 0.15) is 44.6 Å². The van der Waals surface area contributed by atoms with Gasteiger partial charge < -0.3 is 24.2 Å². The zero-order chi connectivity index (χ0) is 19.5. The first-order chi connectivity index (χ1) is 13.6. The minimum Gasteiger partial charge on any atom is -0.454 e. The molecular formula is C22H33N3O3. The maximum Gasteiger partial charge on any atom is 0.319 e. The topological polar surface area (TPSA) is 45.3 Å². The Hall–Kier alpha value is -1.95. The van der Waals surface area contributed by atoms with Crippen LogP contribution in [0.2, 0.25) is 0 Å². The van der Waals surface area contributed by atoms with Crippen LogP contribution in [-0.2, 0) is 6.42 Å². The number of rotatable bonds is 4. The Morgan fingerprint density at radius 3 is 2.57 bits per heavy atom. The fourth-order valence-corrected chi connectivity index (χ4v) is 4.66. The van der Waals surface area contributed by atoms with Gasteiger partial charge in [0.05, 0.1) is 0 Å². The highest BCUT2D eigenvalue weighted by Crippen LogP contribution is 2.33. The van der Waals surface area contributed by atoms with Crippen molar-refractivity contribution in [1.29, 1.82) is 0 Å². The van der Waals surface area contributed by atoms with Gasteiger partial charge in [-0.15, -0.1) is 0 Å². The van der Waals surface area contributed by atoms with E-state index < -0.39 is 0 Å². The van der Waals surface area contributed by atoms with Crippen molar-refractivity contribution in [3.63, 3.8) is 0 Å². The van der Waals surface area contributed by atoms with E-state index in [1.807, 2.05) is 29.0 Å². The van der Waals surface area contributed by atoms with Gasteiger partial charge in [-0.2, -0.15) is 0 Å². The number of nitrogens with zero attached hydrogens (tertiary/aromatic N) is 3. The maximum absolute atomic E-state index is 13.0. The molecule has 6 heteroatoms. The quantitative estimate of drug-likeness (QED) is 0.795. The number of hydrogen-bond donors (Lipinski definition) is 0. The Kier molecular flexibility index (Phi) is 5.95. The highest BCUT2D eigenvalue weighted by atomic mass is 16.7. The molecular weight excluding hydrogens is 354 g/mol. The zero-order valence-electron chi connectivity index (χ0n) is 17.2. The summed E-state index contributed by atoms with van der Waals surface area (Å²) >= 11 is 0. The third-order valence-corrected chi connectivity index (χ3v) is 6.57. The molecule has 0 saturated carbocycles. The minimum atomic E-state index is 0.132. The van der Waals surface area contributed by atoms with Gasteiger partial charge in [0, 0.05) is 32.2 Å². The molecule has 2 saturated heterocycles. The third kappa shape index (κ3) is 4.22. The van der Waals surface area contributed by atoms with Crippen LogP contribution in [-0.4, -0.2) is 72.8 Å². The molecule has 2 amide bonds. The molecule has 28 heavy (non-hydrogen) atoms. The maximum atomic E-state index is 13.0. The molecule has 1 aromatic rings.